The van der Waals surface area contributed by atoms with Gasteiger partial charge < -0.3 is 10.2 Å². The third kappa shape index (κ3) is 3.78. The second kappa shape index (κ2) is 6.48. The SMILES string of the molecule is CN(C)Cc1ccc(NCc2c(F)cccc2F)cc1. The largest absolute Gasteiger partial charge is 0.381 e. The second-order valence-corrected chi connectivity index (χ2v) is 4.99. The van der Waals surface area contributed by atoms with Crippen molar-refractivity contribution >= 4 is 5.69 Å². The van der Waals surface area contributed by atoms with Crippen LogP contribution in [0.25, 0.3) is 0 Å². The number of nitrogens with zero attached hydrogens (tertiary/aromatic N) is 1. The molecule has 0 aliphatic heterocycles. The summed E-state index contributed by atoms with van der Waals surface area (Å²) in [6.45, 7) is 0.994. The monoisotopic (exact) mass is 276 g/mol. The van der Waals surface area contributed by atoms with Gasteiger partial charge in [-0.1, -0.05) is 18.2 Å². The third-order valence-corrected chi connectivity index (χ3v) is 2.98. The van der Waals surface area contributed by atoms with Crippen molar-refractivity contribution in [1.29, 1.82) is 0 Å². The molecule has 2 nitrogen and oxygen atoms in total. The Morgan fingerprint density at radius 1 is 0.950 bits per heavy atom. The van der Waals surface area contributed by atoms with Gasteiger partial charge in [-0.2, -0.15) is 0 Å². The number of hydrogen-bond donors (Lipinski definition) is 1. The summed E-state index contributed by atoms with van der Waals surface area (Å²) in [5.41, 5.74) is 2.10. The molecular formula is C16H18F2N2. The van der Waals surface area contributed by atoms with Gasteiger partial charge in [-0.15, -0.1) is 0 Å². The van der Waals surface area contributed by atoms with Crippen molar-refractivity contribution in [3.05, 3.63) is 65.2 Å². The lowest BCUT2D eigenvalue weighted by Gasteiger charge is -2.11. The summed E-state index contributed by atoms with van der Waals surface area (Å²) in [6.07, 6.45) is 0. The predicted molar refractivity (Wildman–Crippen MR) is 77.5 cm³/mol. The predicted octanol–water partition coefficient (Wildman–Crippen LogP) is 3.64. The van der Waals surface area contributed by atoms with E-state index in [0.29, 0.717) is 0 Å². The lowest BCUT2D eigenvalue weighted by atomic mass is 10.1. The number of rotatable bonds is 5. The highest BCUT2D eigenvalue weighted by atomic mass is 19.1. The Morgan fingerprint density at radius 3 is 2.10 bits per heavy atom. The average Bonchev–Trinajstić information content (AvgIpc) is 2.39. The number of anilines is 1. The number of nitrogens with one attached hydrogen (secondary N) is 1. The highest BCUT2D eigenvalue weighted by Crippen LogP contribution is 2.16. The molecule has 1 N–H and O–H groups in total. The molecule has 20 heavy (non-hydrogen) atoms. The fourth-order valence-electron chi connectivity index (χ4n) is 1.98. The van der Waals surface area contributed by atoms with Crippen LogP contribution in [0, 0.1) is 11.6 Å². The Morgan fingerprint density at radius 2 is 1.55 bits per heavy atom. The maximum atomic E-state index is 13.5. The van der Waals surface area contributed by atoms with Crippen molar-refractivity contribution in [2.45, 2.75) is 13.1 Å². The molecule has 0 saturated carbocycles. The zero-order chi connectivity index (χ0) is 14.5. The summed E-state index contributed by atoms with van der Waals surface area (Å²) in [6, 6.07) is 11.7. The molecule has 0 amide bonds. The molecule has 106 valence electrons. The van der Waals surface area contributed by atoms with Crippen LogP contribution in [-0.4, -0.2) is 19.0 Å². The molecule has 2 rings (SSSR count). The van der Waals surface area contributed by atoms with E-state index in [4.69, 9.17) is 0 Å². The molecule has 0 aliphatic rings. The molecule has 0 atom stereocenters. The molecule has 0 radical (unpaired) electrons. The van der Waals surface area contributed by atoms with Crippen LogP contribution in [0.3, 0.4) is 0 Å². The average molecular weight is 276 g/mol. The van der Waals surface area contributed by atoms with Gasteiger partial charge in [0.05, 0.1) is 0 Å². The van der Waals surface area contributed by atoms with Crippen molar-refractivity contribution in [2.24, 2.45) is 0 Å². The van der Waals surface area contributed by atoms with Crippen LogP contribution < -0.4 is 5.32 Å². The van der Waals surface area contributed by atoms with Crippen molar-refractivity contribution < 1.29 is 8.78 Å². The number of hydrogen-bond acceptors (Lipinski definition) is 2. The minimum Gasteiger partial charge on any atom is -0.381 e. The third-order valence-electron chi connectivity index (χ3n) is 2.98. The van der Waals surface area contributed by atoms with Gasteiger partial charge in [-0.3, -0.25) is 0 Å². The van der Waals surface area contributed by atoms with Crippen LogP contribution in [0.5, 0.6) is 0 Å². The molecule has 0 saturated heterocycles. The lowest BCUT2D eigenvalue weighted by molar-refractivity contribution is 0.402. The van der Waals surface area contributed by atoms with E-state index in [0.717, 1.165) is 12.2 Å². The minimum atomic E-state index is -0.526. The van der Waals surface area contributed by atoms with Gasteiger partial charge in [0, 0.05) is 24.3 Å². The van der Waals surface area contributed by atoms with E-state index in [1.54, 1.807) is 0 Å². The maximum absolute atomic E-state index is 13.5. The van der Waals surface area contributed by atoms with Crippen LogP contribution >= 0.6 is 0 Å². The highest BCUT2D eigenvalue weighted by Gasteiger charge is 2.07. The minimum absolute atomic E-state index is 0.0601. The topological polar surface area (TPSA) is 15.3 Å². The first-order valence-electron chi connectivity index (χ1n) is 6.46. The fourth-order valence-corrected chi connectivity index (χ4v) is 1.98. The molecule has 0 bridgehead atoms. The summed E-state index contributed by atoms with van der Waals surface area (Å²) in [4.78, 5) is 2.08. The van der Waals surface area contributed by atoms with E-state index in [2.05, 4.69) is 10.2 Å². The summed E-state index contributed by atoms with van der Waals surface area (Å²) < 4.78 is 27.0. The Bertz CT molecular complexity index is 545. The van der Waals surface area contributed by atoms with E-state index in [9.17, 15) is 8.78 Å². The molecule has 0 fully saturated rings. The van der Waals surface area contributed by atoms with E-state index in [1.165, 1.54) is 23.8 Å². The molecule has 2 aromatic carbocycles. The Hall–Kier alpha value is -1.94. The van der Waals surface area contributed by atoms with Gasteiger partial charge in [0.1, 0.15) is 11.6 Å². The Kier molecular flexibility index (Phi) is 4.69. The van der Waals surface area contributed by atoms with E-state index in [-0.39, 0.29) is 12.1 Å². The molecule has 0 heterocycles. The fraction of sp³-hybridized carbons (Fsp3) is 0.250. The van der Waals surface area contributed by atoms with Crippen molar-refractivity contribution in [2.75, 3.05) is 19.4 Å². The standard InChI is InChI=1S/C16H18F2N2/c1-20(2)11-12-6-8-13(9-7-12)19-10-14-15(17)4-3-5-16(14)18/h3-9,19H,10-11H2,1-2H3. The maximum Gasteiger partial charge on any atom is 0.131 e. The summed E-state index contributed by atoms with van der Waals surface area (Å²) in [5.74, 6) is -1.05. The Labute approximate surface area is 118 Å². The van der Waals surface area contributed by atoms with Crippen LogP contribution in [0.15, 0.2) is 42.5 Å². The zero-order valence-electron chi connectivity index (χ0n) is 11.7. The van der Waals surface area contributed by atoms with Gasteiger partial charge >= 0.3 is 0 Å². The molecule has 0 spiro atoms. The summed E-state index contributed by atoms with van der Waals surface area (Å²) in [5, 5.41) is 3.03. The number of benzene rings is 2. The molecular weight excluding hydrogens is 258 g/mol. The first-order valence-corrected chi connectivity index (χ1v) is 6.46. The van der Waals surface area contributed by atoms with Crippen molar-refractivity contribution in [1.82, 2.24) is 4.90 Å². The van der Waals surface area contributed by atoms with Gasteiger partial charge in [-0.25, -0.2) is 8.78 Å². The van der Waals surface area contributed by atoms with Crippen LogP contribution in [0.4, 0.5) is 14.5 Å². The highest BCUT2D eigenvalue weighted by molar-refractivity contribution is 5.45. The van der Waals surface area contributed by atoms with E-state index < -0.39 is 11.6 Å². The molecule has 2 aromatic rings. The first-order chi connectivity index (χ1) is 9.56. The lowest BCUT2D eigenvalue weighted by Crippen LogP contribution is -2.10. The quantitative estimate of drug-likeness (QED) is 0.897. The molecule has 4 heteroatoms. The van der Waals surface area contributed by atoms with Gasteiger partial charge in [-0.05, 0) is 43.9 Å². The summed E-state index contributed by atoms with van der Waals surface area (Å²) in [7, 11) is 4.01. The molecule has 0 aliphatic carbocycles. The second-order valence-electron chi connectivity index (χ2n) is 4.99. The summed E-state index contributed by atoms with van der Waals surface area (Å²) >= 11 is 0. The van der Waals surface area contributed by atoms with Gasteiger partial charge in [0.25, 0.3) is 0 Å². The first kappa shape index (κ1) is 14.5. The molecule has 0 aromatic heterocycles. The van der Waals surface area contributed by atoms with E-state index >= 15 is 0 Å². The number of halogens is 2. The normalized spacial score (nSPS) is 10.8. The van der Waals surface area contributed by atoms with Crippen LogP contribution in [0.2, 0.25) is 0 Å². The van der Waals surface area contributed by atoms with Gasteiger partial charge in [0.15, 0.2) is 0 Å². The van der Waals surface area contributed by atoms with Crippen molar-refractivity contribution in [3.8, 4) is 0 Å². The zero-order valence-corrected chi connectivity index (χ0v) is 11.7. The Balaban J connectivity index is 2.00. The van der Waals surface area contributed by atoms with E-state index in [1.807, 2.05) is 38.4 Å². The van der Waals surface area contributed by atoms with Crippen molar-refractivity contribution in [3.63, 3.8) is 0 Å². The van der Waals surface area contributed by atoms with Crippen LogP contribution in [-0.2, 0) is 13.1 Å². The van der Waals surface area contributed by atoms with Crippen LogP contribution in [0.1, 0.15) is 11.1 Å². The van der Waals surface area contributed by atoms with Gasteiger partial charge in [0.2, 0.25) is 0 Å². The molecule has 0 unspecified atom stereocenters. The smallest absolute Gasteiger partial charge is 0.131 e.